The molecule has 0 unspecified atom stereocenters. The van der Waals surface area contributed by atoms with Crippen molar-refractivity contribution in [3.8, 4) is 11.5 Å². The molecule has 28 heavy (non-hydrogen) atoms. The van der Waals surface area contributed by atoms with Crippen LogP contribution in [0.4, 0.5) is 0 Å². The van der Waals surface area contributed by atoms with Crippen LogP contribution in [0.3, 0.4) is 0 Å². The second-order valence-corrected chi connectivity index (χ2v) is 7.63. The molecule has 0 atom stereocenters. The number of ether oxygens (including phenoxy) is 2. The fraction of sp³-hybridized carbons (Fsp3) is 0.300. The Hall–Kier alpha value is -1.95. The molecule has 0 radical (unpaired) electrons. The van der Waals surface area contributed by atoms with Gasteiger partial charge in [0.1, 0.15) is 5.75 Å². The van der Waals surface area contributed by atoms with Gasteiger partial charge in [-0.2, -0.15) is 0 Å². The smallest absolute Gasteiger partial charge is 0.314 e. The topological polar surface area (TPSA) is 55.8 Å². The van der Waals surface area contributed by atoms with E-state index in [2.05, 4.69) is 0 Å². The summed E-state index contributed by atoms with van der Waals surface area (Å²) in [5.41, 5.74) is 0. The molecule has 0 spiro atoms. The minimum atomic E-state index is -0.418. The maximum absolute atomic E-state index is 12.4. The largest absolute Gasteiger partial charge is 0.484 e. The van der Waals surface area contributed by atoms with Crippen LogP contribution in [-0.2, 0) is 9.59 Å². The number of para-hydroxylation sites is 1. The van der Waals surface area contributed by atoms with Crippen LogP contribution in [0.25, 0.3) is 0 Å². The molecule has 1 amide bonds. The summed E-state index contributed by atoms with van der Waals surface area (Å²) in [7, 11) is 0. The van der Waals surface area contributed by atoms with E-state index in [1.165, 1.54) is 12.1 Å². The van der Waals surface area contributed by atoms with E-state index >= 15 is 0 Å². The Bertz CT molecular complexity index is 829. The maximum Gasteiger partial charge on any atom is 0.314 e. The average Bonchev–Trinajstić information content (AvgIpc) is 2.69. The molecule has 0 aromatic heterocycles. The molecule has 0 N–H and O–H groups in total. The number of nitrogens with zero attached hydrogens (tertiary/aromatic N) is 1. The third kappa shape index (κ3) is 5.31. The zero-order chi connectivity index (χ0) is 20.1. The van der Waals surface area contributed by atoms with Crippen molar-refractivity contribution in [1.82, 2.24) is 4.90 Å². The van der Waals surface area contributed by atoms with Crippen LogP contribution in [0.15, 0.2) is 42.5 Å². The number of rotatable bonds is 5. The summed E-state index contributed by atoms with van der Waals surface area (Å²) in [6, 6.07) is 12.1. The second-order valence-electron chi connectivity index (χ2n) is 6.38. The first-order chi connectivity index (χ1) is 13.4. The quantitative estimate of drug-likeness (QED) is 0.490. The molecule has 1 heterocycles. The van der Waals surface area contributed by atoms with Crippen LogP contribution in [0.5, 0.6) is 11.5 Å². The van der Waals surface area contributed by atoms with Gasteiger partial charge in [0, 0.05) is 18.1 Å². The Morgan fingerprint density at radius 3 is 2.21 bits per heavy atom. The third-order valence-electron chi connectivity index (χ3n) is 4.45. The highest BCUT2D eigenvalue weighted by atomic mass is 35.5. The van der Waals surface area contributed by atoms with Crippen molar-refractivity contribution in [1.29, 1.82) is 0 Å². The third-order valence-corrected chi connectivity index (χ3v) is 5.23. The second kappa shape index (κ2) is 9.50. The summed E-state index contributed by atoms with van der Waals surface area (Å²) in [4.78, 5) is 26.4. The Labute approximate surface area is 178 Å². The molecule has 8 heteroatoms. The molecule has 1 aliphatic rings. The number of hydrogen-bond acceptors (Lipinski definition) is 4. The van der Waals surface area contributed by atoms with Crippen molar-refractivity contribution in [2.24, 2.45) is 5.92 Å². The van der Waals surface area contributed by atoms with E-state index < -0.39 is 5.97 Å². The van der Waals surface area contributed by atoms with Gasteiger partial charge >= 0.3 is 5.97 Å². The molecular formula is C20H18Cl3NO4. The molecule has 3 rings (SSSR count). The fourth-order valence-corrected chi connectivity index (χ4v) is 3.82. The van der Waals surface area contributed by atoms with Crippen LogP contribution < -0.4 is 9.47 Å². The van der Waals surface area contributed by atoms with Crippen LogP contribution in [0.2, 0.25) is 15.1 Å². The molecule has 0 aliphatic carbocycles. The van der Waals surface area contributed by atoms with Gasteiger partial charge in [-0.3, -0.25) is 9.59 Å². The van der Waals surface area contributed by atoms with E-state index in [0.717, 1.165) is 0 Å². The number of hydrogen-bond donors (Lipinski definition) is 0. The highest BCUT2D eigenvalue weighted by Gasteiger charge is 2.29. The number of likely N-dealkylation sites (tertiary alicyclic amines) is 1. The summed E-state index contributed by atoms with van der Waals surface area (Å²) in [6.45, 7) is 0.882. The van der Waals surface area contributed by atoms with Crippen LogP contribution in [0, 0.1) is 5.92 Å². The van der Waals surface area contributed by atoms with Gasteiger partial charge in [-0.15, -0.1) is 0 Å². The molecule has 148 valence electrons. The molecular weight excluding hydrogens is 425 g/mol. The molecule has 0 bridgehead atoms. The van der Waals surface area contributed by atoms with Gasteiger partial charge < -0.3 is 14.4 Å². The molecule has 1 aliphatic heterocycles. The molecule has 2 aromatic carbocycles. The van der Waals surface area contributed by atoms with Crippen molar-refractivity contribution in [2.45, 2.75) is 12.8 Å². The van der Waals surface area contributed by atoms with Gasteiger partial charge in [-0.05, 0) is 37.1 Å². The number of carbonyl (C=O) groups is 2. The highest BCUT2D eigenvalue weighted by Crippen LogP contribution is 2.36. The number of piperidine rings is 1. The van der Waals surface area contributed by atoms with Gasteiger partial charge in [-0.25, -0.2) is 0 Å². The Morgan fingerprint density at radius 1 is 1.00 bits per heavy atom. The van der Waals surface area contributed by atoms with Crippen molar-refractivity contribution in [3.63, 3.8) is 0 Å². The first-order valence-electron chi connectivity index (χ1n) is 8.76. The zero-order valence-electron chi connectivity index (χ0n) is 14.9. The maximum atomic E-state index is 12.4. The minimum absolute atomic E-state index is 0.0326. The Morgan fingerprint density at radius 2 is 1.61 bits per heavy atom. The standard InChI is InChI=1S/C20H18Cl3NO4/c21-14-10-16(22)19(17(23)11-14)28-20(26)13-6-8-24(9-7-13)18(25)12-27-15-4-2-1-3-5-15/h1-5,10-11,13H,6-9,12H2. The molecule has 1 fully saturated rings. The van der Waals surface area contributed by atoms with Gasteiger partial charge in [0.2, 0.25) is 0 Å². The molecule has 5 nitrogen and oxygen atoms in total. The fourth-order valence-electron chi connectivity index (χ4n) is 2.93. The van der Waals surface area contributed by atoms with Gasteiger partial charge in [-0.1, -0.05) is 53.0 Å². The lowest BCUT2D eigenvalue weighted by Gasteiger charge is -2.30. The summed E-state index contributed by atoms with van der Waals surface area (Å²) in [5, 5.41) is 0.715. The van der Waals surface area contributed by atoms with E-state index in [-0.39, 0.29) is 34.2 Å². The van der Waals surface area contributed by atoms with Crippen molar-refractivity contribution in [2.75, 3.05) is 19.7 Å². The average molecular weight is 443 g/mol. The van der Waals surface area contributed by atoms with Crippen molar-refractivity contribution >= 4 is 46.7 Å². The Kier molecular flexibility index (Phi) is 7.05. The number of benzene rings is 2. The van der Waals surface area contributed by atoms with Crippen molar-refractivity contribution in [3.05, 3.63) is 57.5 Å². The lowest BCUT2D eigenvalue weighted by molar-refractivity contribution is -0.144. The van der Waals surface area contributed by atoms with Gasteiger partial charge in [0.25, 0.3) is 5.91 Å². The van der Waals surface area contributed by atoms with Crippen molar-refractivity contribution < 1.29 is 19.1 Å². The van der Waals surface area contributed by atoms with E-state index in [0.29, 0.717) is 36.7 Å². The summed E-state index contributed by atoms with van der Waals surface area (Å²) < 4.78 is 10.9. The summed E-state index contributed by atoms with van der Waals surface area (Å²) in [5.74, 6) is -0.112. The van der Waals surface area contributed by atoms with E-state index in [1.54, 1.807) is 17.0 Å². The van der Waals surface area contributed by atoms with Gasteiger partial charge in [0.15, 0.2) is 12.4 Å². The highest BCUT2D eigenvalue weighted by molar-refractivity contribution is 6.40. The summed E-state index contributed by atoms with van der Waals surface area (Å²) >= 11 is 18.0. The number of carbonyl (C=O) groups excluding carboxylic acids is 2. The normalized spacial score (nSPS) is 14.6. The van der Waals surface area contributed by atoms with E-state index in [4.69, 9.17) is 44.3 Å². The monoisotopic (exact) mass is 441 g/mol. The van der Waals surface area contributed by atoms with Crippen LogP contribution in [-0.4, -0.2) is 36.5 Å². The summed E-state index contributed by atoms with van der Waals surface area (Å²) in [6.07, 6.45) is 0.997. The van der Waals surface area contributed by atoms with Crippen LogP contribution >= 0.6 is 34.8 Å². The van der Waals surface area contributed by atoms with Crippen LogP contribution in [0.1, 0.15) is 12.8 Å². The Balaban J connectivity index is 1.49. The minimum Gasteiger partial charge on any atom is -0.484 e. The number of esters is 1. The number of amides is 1. The van der Waals surface area contributed by atoms with E-state index in [9.17, 15) is 9.59 Å². The lowest BCUT2D eigenvalue weighted by atomic mass is 9.97. The predicted octanol–water partition coefficient (Wildman–Crippen LogP) is 4.87. The van der Waals surface area contributed by atoms with E-state index in [1.807, 2.05) is 18.2 Å². The molecule has 1 saturated heterocycles. The number of halogens is 3. The molecule has 0 saturated carbocycles. The first kappa shape index (κ1) is 20.8. The van der Waals surface area contributed by atoms with Gasteiger partial charge in [0.05, 0.1) is 16.0 Å². The molecule has 2 aromatic rings. The SMILES string of the molecule is O=C(Oc1c(Cl)cc(Cl)cc1Cl)C1CCN(C(=O)COc2ccccc2)CC1. The first-order valence-corrected chi connectivity index (χ1v) is 9.89. The zero-order valence-corrected chi connectivity index (χ0v) is 17.1. The predicted molar refractivity (Wildman–Crippen MR) is 108 cm³/mol. The lowest BCUT2D eigenvalue weighted by Crippen LogP contribution is -2.43.